The maximum absolute atomic E-state index is 12.1. The van der Waals surface area contributed by atoms with Crippen LogP contribution in [0.1, 0.15) is 54.5 Å². The molecule has 1 unspecified atom stereocenters. The lowest BCUT2D eigenvalue weighted by Crippen LogP contribution is -2.31. The molecule has 1 N–H and O–H groups in total. The van der Waals surface area contributed by atoms with Gasteiger partial charge >= 0.3 is 0 Å². The quantitative estimate of drug-likeness (QED) is 0.828. The van der Waals surface area contributed by atoms with E-state index < -0.39 is 0 Å². The Hall–Kier alpha value is -2.27. The van der Waals surface area contributed by atoms with Gasteiger partial charge in [-0.1, -0.05) is 26.0 Å². The van der Waals surface area contributed by atoms with E-state index in [0.717, 1.165) is 25.2 Å². The molecule has 0 radical (unpaired) electrons. The Bertz CT molecular complexity index is 684. The average molecular weight is 343 g/mol. The van der Waals surface area contributed by atoms with Gasteiger partial charge in [-0.3, -0.25) is 4.79 Å². The number of benzene rings is 1. The van der Waals surface area contributed by atoms with Gasteiger partial charge in [-0.2, -0.15) is 0 Å². The molecule has 1 aromatic carbocycles. The standard InChI is InChI=1S/C20H25NO4/c1-14(2)15-5-7-16(8-6-15)24-13-18-9-10-19(25-18)20(22)21-12-17-4-3-11-23-17/h5-10,14,17H,3-4,11-13H2,1-2H3,(H,21,22). The SMILES string of the molecule is CC(C)c1ccc(OCc2ccc(C(=O)NCC3CCCO3)o2)cc1. The molecule has 0 bridgehead atoms. The lowest BCUT2D eigenvalue weighted by atomic mass is 10.0. The molecule has 3 rings (SSSR count). The number of rotatable bonds is 7. The summed E-state index contributed by atoms with van der Waals surface area (Å²) in [4.78, 5) is 12.1. The third-order valence-corrected chi connectivity index (χ3v) is 4.33. The van der Waals surface area contributed by atoms with Gasteiger partial charge in [-0.25, -0.2) is 0 Å². The lowest BCUT2D eigenvalue weighted by molar-refractivity contribution is 0.0832. The molecule has 25 heavy (non-hydrogen) atoms. The van der Waals surface area contributed by atoms with Gasteiger partial charge in [-0.05, 0) is 48.6 Å². The highest BCUT2D eigenvalue weighted by Crippen LogP contribution is 2.20. The van der Waals surface area contributed by atoms with E-state index in [1.807, 2.05) is 12.1 Å². The van der Waals surface area contributed by atoms with Gasteiger partial charge in [0, 0.05) is 13.2 Å². The predicted molar refractivity (Wildman–Crippen MR) is 94.9 cm³/mol. The van der Waals surface area contributed by atoms with Crippen LogP contribution < -0.4 is 10.1 Å². The van der Waals surface area contributed by atoms with Crippen molar-refractivity contribution in [1.82, 2.24) is 5.32 Å². The van der Waals surface area contributed by atoms with E-state index in [0.29, 0.717) is 30.6 Å². The molecular weight excluding hydrogens is 318 g/mol. The zero-order valence-corrected chi connectivity index (χ0v) is 14.8. The van der Waals surface area contributed by atoms with E-state index in [1.54, 1.807) is 12.1 Å². The monoisotopic (exact) mass is 343 g/mol. The van der Waals surface area contributed by atoms with Crippen LogP contribution in [0.4, 0.5) is 0 Å². The first-order valence-corrected chi connectivity index (χ1v) is 8.83. The minimum atomic E-state index is -0.219. The molecule has 1 saturated heterocycles. The van der Waals surface area contributed by atoms with Gasteiger partial charge in [0.2, 0.25) is 0 Å². The van der Waals surface area contributed by atoms with Gasteiger partial charge in [0.05, 0.1) is 6.10 Å². The molecule has 1 amide bonds. The lowest BCUT2D eigenvalue weighted by Gasteiger charge is -2.09. The van der Waals surface area contributed by atoms with Crippen LogP contribution in [0.15, 0.2) is 40.8 Å². The fraction of sp³-hybridized carbons (Fsp3) is 0.450. The number of hydrogen-bond donors (Lipinski definition) is 1. The molecule has 134 valence electrons. The highest BCUT2D eigenvalue weighted by molar-refractivity contribution is 5.91. The molecule has 0 saturated carbocycles. The van der Waals surface area contributed by atoms with Gasteiger partial charge in [0.1, 0.15) is 18.1 Å². The summed E-state index contributed by atoms with van der Waals surface area (Å²) in [6.07, 6.45) is 2.17. The van der Waals surface area contributed by atoms with E-state index in [1.165, 1.54) is 5.56 Å². The Morgan fingerprint density at radius 1 is 1.24 bits per heavy atom. The second-order valence-corrected chi connectivity index (χ2v) is 6.62. The zero-order valence-electron chi connectivity index (χ0n) is 14.8. The first kappa shape index (κ1) is 17.5. The number of furan rings is 1. The number of hydrogen-bond acceptors (Lipinski definition) is 4. The summed E-state index contributed by atoms with van der Waals surface area (Å²) in [6, 6.07) is 11.5. The third-order valence-electron chi connectivity index (χ3n) is 4.33. The van der Waals surface area contributed by atoms with E-state index >= 15 is 0 Å². The van der Waals surface area contributed by atoms with Gasteiger partial charge in [-0.15, -0.1) is 0 Å². The molecule has 2 aromatic rings. The van der Waals surface area contributed by atoms with Crippen LogP contribution in [0.25, 0.3) is 0 Å². The minimum Gasteiger partial charge on any atom is -0.486 e. The molecule has 1 aliphatic heterocycles. The molecule has 2 heterocycles. The van der Waals surface area contributed by atoms with Crippen LogP contribution in [-0.4, -0.2) is 25.2 Å². The van der Waals surface area contributed by atoms with Crippen molar-refractivity contribution in [3.63, 3.8) is 0 Å². The van der Waals surface area contributed by atoms with Crippen molar-refractivity contribution >= 4 is 5.91 Å². The summed E-state index contributed by atoms with van der Waals surface area (Å²) >= 11 is 0. The maximum Gasteiger partial charge on any atom is 0.287 e. The number of carbonyl (C=O) groups excluding carboxylic acids is 1. The van der Waals surface area contributed by atoms with Crippen molar-refractivity contribution in [3.8, 4) is 5.75 Å². The number of amides is 1. The predicted octanol–water partition coefficient (Wildman–Crippen LogP) is 3.89. The molecule has 5 heteroatoms. The Balaban J connectivity index is 1.48. The second kappa shape index (κ2) is 8.21. The highest BCUT2D eigenvalue weighted by atomic mass is 16.5. The Kier molecular flexibility index (Phi) is 5.76. The molecular formula is C20H25NO4. The number of carbonyl (C=O) groups is 1. The van der Waals surface area contributed by atoms with Crippen molar-refractivity contribution < 1.29 is 18.7 Å². The van der Waals surface area contributed by atoms with Gasteiger partial charge in [0.25, 0.3) is 5.91 Å². The summed E-state index contributed by atoms with van der Waals surface area (Å²) in [7, 11) is 0. The number of nitrogens with one attached hydrogen (secondary N) is 1. The van der Waals surface area contributed by atoms with E-state index in [9.17, 15) is 4.79 Å². The second-order valence-electron chi connectivity index (χ2n) is 6.62. The minimum absolute atomic E-state index is 0.121. The molecule has 0 spiro atoms. The van der Waals surface area contributed by atoms with Crippen LogP contribution in [0.5, 0.6) is 5.75 Å². The maximum atomic E-state index is 12.1. The van der Waals surface area contributed by atoms with Crippen LogP contribution in [0.2, 0.25) is 0 Å². The molecule has 1 aromatic heterocycles. The normalized spacial score (nSPS) is 17.0. The van der Waals surface area contributed by atoms with Crippen LogP contribution in [-0.2, 0) is 11.3 Å². The first-order chi connectivity index (χ1) is 12.1. The Morgan fingerprint density at radius 2 is 2.04 bits per heavy atom. The topological polar surface area (TPSA) is 60.7 Å². The molecule has 1 atom stereocenters. The van der Waals surface area contributed by atoms with Crippen LogP contribution in [0.3, 0.4) is 0 Å². The zero-order chi connectivity index (χ0) is 17.6. The van der Waals surface area contributed by atoms with E-state index in [2.05, 4.69) is 31.3 Å². The molecule has 5 nitrogen and oxygen atoms in total. The van der Waals surface area contributed by atoms with Crippen molar-refractivity contribution in [2.24, 2.45) is 0 Å². The van der Waals surface area contributed by atoms with Crippen molar-refractivity contribution in [3.05, 3.63) is 53.5 Å². The highest BCUT2D eigenvalue weighted by Gasteiger charge is 2.18. The largest absolute Gasteiger partial charge is 0.486 e. The van der Waals surface area contributed by atoms with E-state index in [4.69, 9.17) is 13.9 Å². The van der Waals surface area contributed by atoms with Crippen LogP contribution >= 0.6 is 0 Å². The van der Waals surface area contributed by atoms with Crippen molar-refractivity contribution in [2.75, 3.05) is 13.2 Å². The summed E-state index contributed by atoms with van der Waals surface area (Å²) in [5.74, 6) is 1.98. The summed E-state index contributed by atoms with van der Waals surface area (Å²) in [5.41, 5.74) is 1.27. The van der Waals surface area contributed by atoms with E-state index in [-0.39, 0.29) is 12.0 Å². The summed E-state index contributed by atoms with van der Waals surface area (Å²) < 4.78 is 16.8. The first-order valence-electron chi connectivity index (χ1n) is 8.83. The molecule has 0 aliphatic carbocycles. The fourth-order valence-electron chi connectivity index (χ4n) is 2.78. The fourth-order valence-corrected chi connectivity index (χ4v) is 2.78. The summed E-state index contributed by atoms with van der Waals surface area (Å²) in [5, 5.41) is 2.85. The van der Waals surface area contributed by atoms with Crippen molar-refractivity contribution in [1.29, 1.82) is 0 Å². The Morgan fingerprint density at radius 3 is 2.72 bits per heavy atom. The van der Waals surface area contributed by atoms with Crippen LogP contribution in [0, 0.1) is 0 Å². The van der Waals surface area contributed by atoms with Crippen molar-refractivity contribution in [2.45, 2.75) is 45.3 Å². The molecule has 1 aliphatic rings. The molecule has 1 fully saturated rings. The van der Waals surface area contributed by atoms with Gasteiger partial charge in [0.15, 0.2) is 5.76 Å². The summed E-state index contributed by atoms with van der Waals surface area (Å²) in [6.45, 7) is 5.91. The Labute approximate surface area is 148 Å². The third kappa shape index (κ3) is 4.86. The smallest absolute Gasteiger partial charge is 0.287 e. The number of ether oxygens (including phenoxy) is 2. The average Bonchev–Trinajstić information content (AvgIpc) is 3.30. The van der Waals surface area contributed by atoms with Gasteiger partial charge < -0.3 is 19.2 Å².